The first-order valence-electron chi connectivity index (χ1n) is 5.63. The number of anilines is 1. The normalized spacial score (nSPS) is 10.8. The van der Waals surface area contributed by atoms with Gasteiger partial charge in [-0.05, 0) is 17.9 Å². The summed E-state index contributed by atoms with van der Waals surface area (Å²) in [7, 11) is 0. The topological polar surface area (TPSA) is 91.9 Å². The van der Waals surface area contributed by atoms with Crippen molar-refractivity contribution in [3.63, 3.8) is 0 Å². The Balaban J connectivity index is 2.75. The zero-order valence-corrected chi connectivity index (χ0v) is 10.7. The fourth-order valence-electron chi connectivity index (χ4n) is 1.35. The summed E-state index contributed by atoms with van der Waals surface area (Å²) in [6.07, 6.45) is 0.938. The van der Waals surface area contributed by atoms with Crippen LogP contribution in [-0.4, -0.2) is 16.5 Å². The first-order chi connectivity index (χ1) is 8.33. The van der Waals surface area contributed by atoms with Gasteiger partial charge < -0.3 is 5.32 Å². The maximum Gasteiger partial charge on any atom is 0.305 e. The number of nitrogens with zero attached hydrogens (tertiary/aromatic N) is 3. The summed E-state index contributed by atoms with van der Waals surface area (Å²) in [6.45, 7) is 7.08. The molecule has 0 aliphatic heterocycles. The first kappa shape index (κ1) is 13.9. The molecule has 0 unspecified atom stereocenters. The highest BCUT2D eigenvalue weighted by Crippen LogP contribution is 2.20. The smallest absolute Gasteiger partial charge is 0.305 e. The van der Waals surface area contributed by atoms with E-state index in [9.17, 15) is 10.1 Å². The second-order valence-corrected chi connectivity index (χ2v) is 5.17. The molecule has 6 heteroatoms. The largest absolute Gasteiger partial charge is 0.370 e. The molecule has 1 aromatic heterocycles. The van der Waals surface area contributed by atoms with Crippen LogP contribution in [0.25, 0.3) is 0 Å². The van der Waals surface area contributed by atoms with Crippen LogP contribution in [0.2, 0.25) is 0 Å². The maximum absolute atomic E-state index is 10.6. The zero-order chi connectivity index (χ0) is 13.8. The summed E-state index contributed by atoms with van der Waals surface area (Å²) >= 11 is 0. The molecule has 18 heavy (non-hydrogen) atoms. The molecule has 0 saturated heterocycles. The quantitative estimate of drug-likeness (QED) is 0.653. The van der Waals surface area contributed by atoms with Crippen molar-refractivity contribution in [2.24, 2.45) is 5.41 Å². The molecule has 0 aliphatic rings. The van der Waals surface area contributed by atoms with E-state index >= 15 is 0 Å². The maximum atomic E-state index is 10.6. The third-order valence-corrected chi connectivity index (χ3v) is 2.36. The van der Waals surface area contributed by atoms with Crippen LogP contribution in [0.1, 0.15) is 32.9 Å². The highest BCUT2D eigenvalue weighted by atomic mass is 16.6. The first-order valence-corrected chi connectivity index (χ1v) is 5.63. The van der Waals surface area contributed by atoms with Crippen molar-refractivity contribution in [1.82, 2.24) is 4.98 Å². The van der Waals surface area contributed by atoms with E-state index in [0.717, 1.165) is 6.42 Å². The Hall–Kier alpha value is -2.16. The average molecular weight is 248 g/mol. The average Bonchev–Trinajstić information content (AvgIpc) is 2.26. The van der Waals surface area contributed by atoms with Crippen molar-refractivity contribution in [3.8, 4) is 6.07 Å². The van der Waals surface area contributed by atoms with E-state index in [0.29, 0.717) is 12.4 Å². The number of nitrogens with one attached hydrogen (secondary N) is 1. The number of rotatable bonds is 4. The van der Waals surface area contributed by atoms with E-state index in [1.165, 1.54) is 12.1 Å². The van der Waals surface area contributed by atoms with Gasteiger partial charge >= 0.3 is 5.69 Å². The Kier molecular flexibility index (Phi) is 4.21. The fraction of sp³-hybridized carbons (Fsp3) is 0.500. The molecule has 0 bridgehead atoms. The molecule has 1 heterocycles. The van der Waals surface area contributed by atoms with Gasteiger partial charge in [-0.15, -0.1) is 0 Å². The van der Waals surface area contributed by atoms with E-state index in [1.54, 1.807) is 6.07 Å². The van der Waals surface area contributed by atoms with E-state index in [-0.39, 0.29) is 16.8 Å². The van der Waals surface area contributed by atoms with E-state index < -0.39 is 4.92 Å². The van der Waals surface area contributed by atoms with Gasteiger partial charge in [0, 0.05) is 12.6 Å². The lowest BCUT2D eigenvalue weighted by molar-refractivity contribution is -0.385. The molecule has 0 amide bonds. The third-order valence-electron chi connectivity index (χ3n) is 2.36. The number of nitro groups is 1. The number of hydrogen-bond donors (Lipinski definition) is 1. The van der Waals surface area contributed by atoms with Gasteiger partial charge in [-0.2, -0.15) is 5.26 Å². The van der Waals surface area contributed by atoms with Crippen LogP contribution < -0.4 is 5.32 Å². The van der Waals surface area contributed by atoms with Crippen LogP contribution in [-0.2, 0) is 0 Å². The van der Waals surface area contributed by atoms with Gasteiger partial charge in [-0.1, -0.05) is 20.8 Å². The molecule has 0 saturated carbocycles. The Labute approximate surface area is 106 Å². The second kappa shape index (κ2) is 5.45. The summed E-state index contributed by atoms with van der Waals surface area (Å²) in [6, 6.07) is 4.54. The highest BCUT2D eigenvalue weighted by Gasteiger charge is 2.15. The van der Waals surface area contributed by atoms with Crippen LogP contribution in [0.4, 0.5) is 11.5 Å². The second-order valence-electron chi connectivity index (χ2n) is 5.17. The van der Waals surface area contributed by atoms with Crippen LogP contribution >= 0.6 is 0 Å². The van der Waals surface area contributed by atoms with Gasteiger partial charge in [0.15, 0.2) is 0 Å². The summed E-state index contributed by atoms with van der Waals surface area (Å²) in [5, 5.41) is 22.5. The van der Waals surface area contributed by atoms with Crippen LogP contribution in [0, 0.1) is 26.9 Å². The summed E-state index contributed by atoms with van der Waals surface area (Å²) in [5.74, 6) is 0.487. The lowest BCUT2D eigenvalue weighted by atomic mass is 9.92. The summed E-state index contributed by atoms with van der Waals surface area (Å²) in [5.41, 5.74) is -0.231. The number of nitriles is 1. The predicted octanol–water partition coefficient (Wildman–Crippen LogP) is 2.71. The van der Waals surface area contributed by atoms with Gasteiger partial charge in [0.2, 0.25) is 5.69 Å². The number of pyridine rings is 1. The number of aromatic nitrogens is 1. The molecule has 0 spiro atoms. The van der Waals surface area contributed by atoms with Gasteiger partial charge in [-0.25, -0.2) is 4.98 Å². The minimum Gasteiger partial charge on any atom is -0.370 e. The third kappa shape index (κ3) is 4.01. The highest BCUT2D eigenvalue weighted by molar-refractivity contribution is 5.50. The lowest BCUT2D eigenvalue weighted by Crippen LogP contribution is -2.13. The minimum absolute atomic E-state index is 0.166. The fourth-order valence-corrected chi connectivity index (χ4v) is 1.35. The van der Waals surface area contributed by atoms with Crippen molar-refractivity contribution < 1.29 is 4.92 Å². The molecular formula is C12H16N4O2. The Bertz CT molecular complexity index is 486. The van der Waals surface area contributed by atoms with Crippen LogP contribution in [0.5, 0.6) is 0 Å². The molecule has 96 valence electrons. The molecular weight excluding hydrogens is 232 g/mol. The Morgan fingerprint density at radius 3 is 2.67 bits per heavy atom. The van der Waals surface area contributed by atoms with E-state index in [4.69, 9.17) is 5.26 Å². The number of hydrogen-bond acceptors (Lipinski definition) is 5. The zero-order valence-electron chi connectivity index (χ0n) is 10.7. The van der Waals surface area contributed by atoms with E-state index in [2.05, 4.69) is 31.1 Å². The minimum atomic E-state index is -0.607. The molecule has 1 N–H and O–H groups in total. The van der Waals surface area contributed by atoms with Gasteiger partial charge in [0.1, 0.15) is 11.9 Å². The molecule has 0 fully saturated rings. The SMILES string of the molecule is CC(C)(C)CCNc1ccc([N+](=O)[O-])c(C#N)n1. The molecule has 0 aliphatic carbocycles. The van der Waals surface area contributed by atoms with Crippen LogP contribution in [0.15, 0.2) is 12.1 Å². The monoisotopic (exact) mass is 248 g/mol. The van der Waals surface area contributed by atoms with E-state index in [1.807, 2.05) is 0 Å². The molecule has 1 rings (SSSR count). The summed E-state index contributed by atoms with van der Waals surface area (Å²) < 4.78 is 0. The van der Waals surface area contributed by atoms with Gasteiger partial charge in [0.25, 0.3) is 0 Å². The Morgan fingerprint density at radius 2 is 2.17 bits per heavy atom. The van der Waals surface area contributed by atoms with Gasteiger partial charge in [-0.3, -0.25) is 10.1 Å². The van der Waals surface area contributed by atoms with Crippen LogP contribution in [0.3, 0.4) is 0 Å². The molecule has 0 radical (unpaired) electrons. The Morgan fingerprint density at radius 1 is 1.50 bits per heavy atom. The molecule has 0 aromatic carbocycles. The molecule has 1 aromatic rings. The van der Waals surface area contributed by atoms with Crippen molar-refractivity contribution in [1.29, 1.82) is 5.26 Å². The van der Waals surface area contributed by atoms with Crippen molar-refractivity contribution in [2.75, 3.05) is 11.9 Å². The van der Waals surface area contributed by atoms with Gasteiger partial charge in [0.05, 0.1) is 4.92 Å². The predicted molar refractivity (Wildman–Crippen MR) is 68.2 cm³/mol. The molecule has 6 nitrogen and oxygen atoms in total. The van der Waals surface area contributed by atoms with Crippen molar-refractivity contribution in [3.05, 3.63) is 27.9 Å². The lowest BCUT2D eigenvalue weighted by Gasteiger charge is -2.18. The van der Waals surface area contributed by atoms with Crippen molar-refractivity contribution in [2.45, 2.75) is 27.2 Å². The summed E-state index contributed by atoms with van der Waals surface area (Å²) in [4.78, 5) is 13.9. The van der Waals surface area contributed by atoms with Crippen molar-refractivity contribution >= 4 is 11.5 Å². The molecule has 0 atom stereocenters. The standard InChI is InChI=1S/C12H16N4O2/c1-12(2,3)6-7-14-11-5-4-10(16(17)18)9(8-13)15-11/h4-5H,6-7H2,1-3H3,(H,14,15).